The van der Waals surface area contributed by atoms with Gasteiger partial charge in [0.2, 0.25) is 6.71 Å². The second-order valence-corrected chi connectivity index (χ2v) is 19.7. The Bertz CT molecular complexity index is 3740. The van der Waals surface area contributed by atoms with E-state index < -0.39 is 0 Å². The number of benzene rings is 9. The van der Waals surface area contributed by atoms with Crippen LogP contribution in [0.15, 0.2) is 203 Å². The average molecular weight is 851 g/mol. The van der Waals surface area contributed by atoms with Gasteiger partial charge in [0.05, 0.1) is 0 Å². The Morgan fingerprint density at radius 3 is 1.83 bits per heavy atom. The molecule has 4 heterocycles. The lowest BCUT2D eigenvalue weighted by molar-refractivity contribution is 0.590. The van der Waals surface area contributed by atoms with Crippen molar-refractivity contribution in [2.75, 3.05) is 9.80 Å². The van der Waals surface area contributed by atoms with Crippen molar-refractivity contribution in [3.05, 3.63) is 211 Å². The van der Waals surface area contributed by atoms with Crippen LogP contribution < -0.4 is 26.2 Å². The zero-order chi connectivity index (χ0) is 44.5. The van der Waals surface area contributed by atoms with E-state index >= 15 is 0 Å². The molecule has 0 unspecified atom stereocenters. The molecule has 4 nitrogen and oxygen atoms in total. The van der Waals surface area contributed by atoms with E-state index in [1.54, 1.807) is 0 Å². The van der Waals surface area contributed by atoms with Crippen molar-refractivity contribution >= 4 is 101 Å². The highest BCUT2D eigenvalue weighted by atomic mass is 16.3. The summed E-state index contributed by atoms with van der Waals surface area (Å²) in [5.74, 6) is 0. The third-order valence-electron chi connectivity index (χ3n) is 14.5. The quantitative estimate of drug-likeness (QED) is 0.162. The van der Waals surface area contributed by atoms with Crippen molar-refractivity contribution in [2.24, 2.45) is 0 Å². The van der Waals surface area contributed by atoms with Crippen molar-refractivity contribution in [1.29, 1.82) is 0 Å². The molecule has 0 radical (unpaired) electrons. The number of hydrogen-bond donors (Lipinski definition) is 0. The Balaban J connectivity index is 1.04. The number of para-hydroxylation sites is 2. The van der Waals surface area contributed by atoms with E-state index in [9.17, 15) is 0 Å². The number of hydrogen-bond acceptors (Lipinski definition) is 4. The van der Waals surface area contributed by atoms with Gasteiger partial charge in [-0.3, -0.25) is 0 Å². The third-order valence-corrected chi connectivity index (χ3v) is 14.5. The van der Waals surface area contributed by atoms with Crippen LogP contribution in [0.25, 0.3) is 55.0 Å². The topological polar surface area (TPSA) is 32.8 Å². The van der Waals surface area contributed by atoms with Gasteiger partial charge in [0.25, 0.3) is 0 Å². The van der Waals surface area contributed by atoms with Gasteiger partial charge in [0.1, 0.15) is 22.3 Å². The van der Waals surface area contributed by atoms with Gasteiger partial charge in [-0.1, -0.05) is 155 Å². The Kier molecular flexibility index (Phi) is 8.28. The molecule has 0 fully saturated rings. The van der Waals surface area contributed by atoms with E-state index in [1.807, 2.05) is 6.07 Å². The Labute approximate surface area is 385 Å². The number of nitrogens with zero attached hydrogens (tertiary/aromatic N) is 2. The summed E-state index contributed by atoms with van der Waals surface area (Å²) in [5.41, 5.74) is 20.4. The molecular formula is C61H47BN2O2. The molecule has 0 bridgehead atoms. The minimum Gasteiger partial charge on any atom is -0.456 e. The molecule has 66 heavy (non-hydrogen) atoms. The number of anilines is 6. The first-order chi connectivity index (χ1) is 32.1. The fraction of sp³-hybridized carbons (Fsp3) is 0.115. The Hall–Kier alpha value is -7.76. The van der Waals surface area contributed by atoms with E-state index in [0.717, 1.165) is 72.3 Å². The highest BCUT2D eigenvalue weighted by Gasteiger charge is 2.46. The minimum atomic E-state index is -0.332. The Morgan fingerprint density at radius 1 is 0.455 bits per heavy atom. The number of furan rings is 2. The van der Waals surface area contributed by atoms with E-state index in [0.29, 0.717) is 0 Å². The molecule has 11 aromatic rings. The molecule has 0 saturated heterocycles. The largest absolute Gasteiger partial charge is 0.456 e. The van der Waals surface area contributed by atoms with Gasteiger partial charge in [-0.25, -0.2) is 0 Å². The van der Waals surface area contributed by atoms with Crippen molar-refractivity contribution in [3.63, 3.8) is 0 Å². The lowest BCUT2D eigenvalue weighted by Gasteiger charge is -2.45. The normalized spacial score (nSPS) is 13.9. The maximum atomic E-state index is 6.63. The summed E-state index contributed by atoms with van der Waals surface area (Å²) in [4.78, 5) is 4.91. The molecular weight excluding hydrogens is 803 g/mol. The van der Waals surface area contributed by atoms with Gasteiger partial charge in [0, 0.05) is 67.2 Å². The fourth-order valence-electron chi connectivity index (χ4n) is 11.2. The van der Waals surface area contributed by atoms with Gasteiger partial charge in [0.15, 0.2) is 0 Å². The Morgan fingerprint density at radius 2 is 1.08 bits per heavy atom. The second-order valence-electron chi connectivity index (χ2n) is 19.7. The predicted molar refractivity (Wildman–Crippen MR) is 278 cm³/mol. The van der Waals surface area contributed by atoms with Gasteiger partial charge in [-0.2, -0.15) is 0 Å². The molecule has 316 valence electrons. The summed E-state index contributed by atoms with van der Waals surface area (Å²) >= 11 is 0. The standard InChI is InChI=1S/C61H47BN2O2/c1-60(2,3)40-25-27-41(28-26-40)64-53-22-14-21-49-59(53)62(52-36-48-46-20-10-12-24-56(46)66-58(48)37-54(52)64)51-31-29-44(35-50(51)61(49,4)5)63(42-18-13-17-39(33-42)38-15-7-6-8-16-38)43-30-32-57-47(34-43)45-19-9-11-23-55(45)65-57/h6-37H,1-5H3. The van der Waals surface area contributed by atoms with Crippen molar-refractivity contribution < 1.29 is 8.83 Å². The minimum absolute atomic E-state index is 0.00469. The smallest absolute Gasteiger partial charge is 0.247 e. The van der Waals surface area contributed by atoms with Crippen LogP contribution in [0.4, 0.5) is 34.1 Å². The molecule has 0 atom stereocenters. The van der Waals surface area contributed by atoms with Gasteiger partial charge in [-0.15, -0.1) is 0 Å². The first-order valence-corrected chi connectivity index (χ1v) is 23.1. The molecule has 2 aliphatic rings. The van der Waals surface area contributed by atoms with E-state index in [4.69, 9.17) is 8.83 Å². The maximum Gasteiger partial charge on any atom is 0.247 e. The van der Waals surface area contributed by atoms with Gasteiger partial charge in [-0.05, 0) is 117 Å². The molecule has 5 heteroatoms. The van der Waals surface area contributed by atoms with Crippen LogP contribution >= 0.6 is 0 Å². The zero-order valence-corrected chi connectivity index (χ0v) is 37.8. The molecule has 0 N–H and O–H groups in total. The van der Waals surface area contributed by atoms with Crippen LogP contribution in [0.2, 0.25) is 0 Å². The van der Waals surface area contributed by atoms with Crippen LogP contribution in [0.3, 0.4) is 0 Å². The van der Waals surface area contributed by atoms with Gasteiger partial charge >= 0.3 is 0 Å². The van der Waals surface area contributed by atoms with Gasteiger partial charge < -0.3 is 18.6 Å². The molecule has 2 aromatic heterocycles. The summed E-state index contributed by atoms with van der Waals surface area (Å²) in [6.07, 6.45) is 0. The second kappa shape index (κ2) is 14.1. The van der Waals surface area contributed by atoms with Crippen molar-refractivity contribution in [1.82, 2.24) is 0 Å². The first kappa shape index (κ1) is 38.7. The summed E-state index contributed by atoms with van der Waals surface area (Å²) in [7, 11) is 0. The molecule has 0 amide bonds. The molecule has 9 aromatic carbocycles. The van der Waals surface area contributed by atoms with E-state index in [2.05, 4.69) is 232 Å². The number of rotatable bonds is 5. The van der Waals surface area contributed by atoms with Crippen LogP contribution in [0.5, 0.6) is 0 Å². The summed E-state index contributed by atoms with van der Waals surface area (Å²) in [6.45, 7) is 11.7. The van der Waals surface area contributed by atoms with Crippen LogP contribution in [-0.4, -0.2) is 6.71 Å². The van der Waals surface area contributed by atoms with Crippen molar-refractivity contribution in [2.45, 2.75) is 45.4 Å². The molecule has 0 spiro atoms. The average Bonchev–Trinajstić information content (AvgIpc) is 3.90. The number of fused-ring (bicyclic) bond motifs is 10. The zero-order valence-electron chi connectivity index (χ0n) is 37.8. The summed E-state index contributed by atoms with van der Waals surface area (Å²) in [6, 6.07) is 71.1. The molecule has 0 aliphatic carbocycles. The van der Waals surface area contributed by atoms with Crippen molar-refractivity contribution in [3.8, 4) is 11.1 Å². The summed E-state index contributed by atoms with van der Waals surface area (Å²) < 4.78 is 13.0. The molecule has 2 aliphatic heterocycles. The van der Waals surface area contributed by atoms with Crippen LogP contribution in [0, 0.1) is 0 Å². The monoisotopic (exact) mass is 850 g/mol. The summed E-state index contributed by atoms with van der Waals surface area (Å²) in [5, 5.41) is 4.49. The highest BCUT2D eigenvalue weighted by Crippen LogP contribution is 2.47. The lowest BCUT2D eigenvalue weighted by atomic mass is 9.30. The molecule has 13 rings (SSSR count). The SMILES string of the molecule is CC(C)(C)c1ccc(N2c3cc4oc5ccccc5c4cc3B3c4ccc(N(c5cccc(-c6ccccc6)c5)c5ccc6oc7ccccc7c6c5)cc4C(C)(C)c4cccc2c43)cc1. The first-order valence-electron chi connectivity index (χ1n) is 23.1. The fourth-order valence-corrected chi connectivity index (χ4v) is 11.2. The molecule has 0 saturated carbocycles. The van der Waals surface area contributed by atoms with E-state index in [-0.39, 0.29) is 17.5 Å². The van der Waals surface area contributed by atoms with Crippen LogP contribution in [0.1, 0.15) is 51.3 Å². The highest BCUT2D eigenvalue weighted by molar-refractivity contribution is 6.99. The lowest BCUT2D eigenvalue weighted by Crippen LogP contribution is -2.64. The third kappa shape index (κ3) is 5.79. The maximum absolute atomic E-state index is 6.63. The van der Waals surface area contributed by atoms with E-state index in [1.165, 1.54) is 49.9 Å². The predicted octanol–water partition coefficient (Wildman–Crippen LogP) is 14.9. The van der Waals surface area contributed by atoms with Crippen LogP contribution in [-0.2, 0) is 10.8 Å².